The van der Waals surface area contributed by atoms with Gasteiger partial charge in [0.2, 0.25) is 0 Å². The molecule has 0 radical (unpaired) electrons. The molecular formula is C12H9F2N3O2S. The summed E-state index contributed by atoms with van der Waals surface area (Å²) in [7, 11) is 1.61. The number of benzene rings is 1. The predicted molar refractivity (Wildman–Crippen MR) is 70.9 cm³/mol. The van der Waals surface area contributed by atoms with Gasteiger partial charge in [-0.25, -0.2) is 13.8 Å². The number of hydrogen-bond acceptors (Lipinski definition) is 5. The van der Waals surface area contributed by atoms with Crippen LogP contribution in [0.3, 0.4) is 0 Å². The van der Waals surface area contributed by atoms with Crippen molar-refractivity contribution in [3.05, 3.63) is 52.1 Å². The summed E-state index contributed by atoms with van der Waals surface area (Å²) in [6, 6.07) is 5.74. The largest absolute Gasteiger partial charge is 0.373 e. The van der Waals surface area contributed by atoms with E-state index in [9.17, 15) is 18.9 Å². The van der Waals surface area contributed by atoms with Gasteiger partial charge in [0, 0.05) is 24.1 Å². The van der Waals surface area contributed by atoms with E-state index < -0.39 is 16.6 Å². The molecule has 0 amide bonds. The van der Waals surface area contributed by atoms with Crippen LogP contribution >= 0.6 is 11.8 Å². The maximum atomic E-state index is 13.6. The van der Waals surface area contributed by atoms with Crippen LogP contribution < -0.4 is 5.32 Å². The van der Waals surface area contributed by atoms with Crippen LogP contribution in [0.25, 0.3) is 0 Å². The van der Waals surface area contributed by atoms with Gasteiger partial charge in [-0.3, -0.25) is 10.1 Å². The van der Waals surface area contributed by atoms with E-state index in [4.69, 9.17) is 0 Å². The Morgan fingerprint density at radius 3 is 2.65 bits per heavy atom. The van der Waals surface area contributed by atoms with E-state index in [-0.39, 0.29) is 15.6 Å². The van der Waals surface area contributed by atoms with Crippen LogP contribution in [0.4, 0.5) is 20.3 Å². The van der Waals surface area contributed by atoms with Crippen molar-refractivity contribution in [1.82, 2.24) is 4.98 Å². The Morgan fingerprint density at radius 2 is 2.05 bits per heavy atom. The molecule has 0 saturated carbocycles. The minimum atomic E-state index is -0.791. The zero-order valence-electron chi connectivity index (χ0n) is 10.3. The number of nitrogens with one attached hydrogen (secondary N) is 1. The number of nitrogens with zero attached hydrogens (tertiary/aromatic N) is 2. The number of hydrogen-bond donors (Lipinski definition) is 1. The lowest BCUT2D eigenvalue weighted by Crippen LogP contribution is -1.98. The van der Waals surface area contributed by atoms with Gasteiger partial charge in [-0.1, -0.05) is 11.8 Å². The van der Waals surface area contributed by atoms with Crippen molar-refractivity contribution >= 4 is 23.3 Å². The number of aromatic nitrogens is 1. The lowest BCUT2D eigenvalue weighted by Gasteiger charge is -2.06. The van der Waals surface area contributed by atoms with Gasteiger partial charge in [-0.15, -0.1) is 0 Å². The quantitative estimate of drug-likeness (QED) is 0.691. The highest BCUT2D eigenvalue weighted by Gasteiger charge is 2.18. The maximum Gasteiger partial charge on any atom is 0.301 e. The average molecular weight is 297 g/mol. The van der Waals surface area contributed by atoms with Crippen LogP contribution in [0, 0.1) is 21.7 Å². The summed E-state index contributed by atoms with van der Waals surface area (Å²) < 4.78 is 26.4. The number of pyridine rings is 1. The number of nitro groups is 1. The molecule has 1 aromatic heterocycles. The molecule has 1 heterocycles. The fourth-order valence-corrected chi connectivity index (χ4v) is 2.34. The van der Waals surface area contributed by atoms with E-state index in [1.807, 2.05) is 0 Å². The van der Waals surface area contributed by atoms with Gasteiger partial charge >= 0.3 is 5.69 Å². The smallest absolute Gasteiger partial charge is 0.301 e. The second-order valence-corrected chi connectivity index (χ2v) is 4.74. The molecule has 0 saturated heterocycles. The van der Waals surface area contributed by atoms with Crippen molar-refractivity contribution in [3.63, 3.8) is 0 Å². The van der Waals surface area contributed by atoms with Crippen LogP contribution in [-0.4, -0.2) is 17.0 Å². The zero-order chi connectivity index (χ0) is 14.7. The molecule has 0 unspecified atom stereocenters. The minimum Gasteiger partial charge on any atom is -0.373 e. The zero-order valence-corrected chi connectivity index (χ0v) is 11.1. The normalized spacial score (nSPS) is 10.3. The van der Waals surface area contributed by atoms with Crippen LogP contribution in [0.1, 0.15) is 0 Å². The van der Waals surface area contributed by atoms with Gasteiger partial charge < -0.3 is 5.32 Å². The molecule has 0 atom stereocenters. The monoisotopic (exact) mass is 297 g/mol. The third-order valence-electron chi connectivity index (χ3n) is 2.39. The van der Waals surface area contributed by atoms with Gasteiger partial charge in [0.15, 0.2) is 5.03 Å². The summed E-state index contributed by atoms with van der Waals surface area (Å²) in [6.07, 6.45) is 0. The molecule has 0 aliphatic heterocycles. The van der Waals surface area contributed by atoms with Gasteiger partial charge in [0.1, 0.15) is 17.5 Å². The predicted octanol–water partition coefficient (Wildman–Crippen LogP) is 3.46. The molecular weight excluding hydrogens is 288 g/mol. The van der Waals surface area contributed by atoms with Crippen LogP contribution in [0.15, 0.2) is 40.3 Å². The van der Waals surface area contributed by atoms with Crippen molar-refractivity contribution in [1.29, 1.82) is 0 Å². The van der Waals surface area contributed by atoms with Crippen molar-refractivity contribution in [2.45, 2.75) is 9.92 Å². The van der Waals surface area contributed by atoms with Crippen LogP contribution in [0.2, 0.25) is 0 Å². The second kappa shape index (κ2) is 5.83. The van der Waals surface area contributed by atoms with Crippen molar-refractivity contribution in [2.75, 3.05) is 12.4 Å². The first-order chi connectivity index (χ1) is 9.51. The molecule has 2 rings (SSSR count). The number of rotatable bonds is 4. The Labute approximate surface area is 117 Å². The Kier molecular flexibility index (Phi) is 4.14. The van der Waals surface area contributed by atoms with Crippen LogP contribution in [0.5, 0.6) is 0 Å². The topological polar surface area (TPSA) is 68.1 Å². The van der Waals surface area contributed by atoms with Crippen molar-refractivity contribution in [3.8, 4) is 0 Å². The van der Waals surface area contributed by atoms with Gasteiger partial charge in [-0.05, 0) is 18.2 Å². The molecule has 2 aromatic rings. The fraction of sp³-hybridized carbons (Fsp3) is 0.0833. The number of halogens is 2. The highest BCUT2D eigenvalue weighted by atomic mass is 32.2. The summed E-state index contributed by atoms with van der Waals surface area (Å²) >= 11 is 0.773. The lowest BCUT2D eigenvalue weighted by molar-refractivity contribution is -0.388. The molecule has 0 aliphatic carbocycles. The minimum absolute atomic E-state index is 0.0346. The SMILES string of the molecule is CNc1ccc([N+](=O)[O-])c(Sc2ccc(F)cc2F)n1. The van der Waals surface area contributed by atoms with E-state index in [0.29, 0.717) is 5.82 Å². The Bertz CT molecular complexity index is 667. The van der Waals surface area contributed by atoms with E-state index in [0.717, 1.165) is 23.9 Å². The van der Waals surface area contributed by atoms with E-state index in [1.165, 1.54) is 18.2 Å². The third-order valence-corrected chi connectivity index (χ3v) is 3.44. The fourth-order valence-electron chi connectivity index (χ4n) is 1.45. The summed E-state index contributed by atoms with van der Waals surface area (Å²) in [5, 5.41) is 13.7. The molecule has 104 valence electrons. The first-order valence-electron chi connectivity index (χ1n) is 5.47. The summed E-state index contributed by atoms with van der Waals surface area (Å²) in [5.41, 5.74) is -0.238. The van der Waals surface area contributed by atoms with E-state index >= 15 is 0 Å². The molecule has 5 nitrogen and oxygen atoms in total. The van der Waals surface area contributed by atoms with E-state index in [1.54, 1.807) is 7.05 Å². The molecule has 0 aliphatic rings. The van der Waals surface area contributed by atoms with E-state index in [2.05, 4.69) is 10.3 Å². The summed E-state index contributed by atoms with van der Waals surface area (Å²) in [4.78, 5) is 14.4. The molecule has 0 spiro atoms. The maximum absolute atomic E-state index is 13.6. The first kappa shape index (κ1) is 14.2. The standard InChI is InChI=1S/C12H9F2N3O2S/c1-15-11-5-3-9(17(18)19)12(16-11)20-10-4-2-7(13)6-8(10)14/h2-6H,1H3,(H,15,16). The third kappa shape index (κ3) is 3.02. The van der Waals surface area contributed by atoms with Gasteiger partial charge in [0.05, 0.1) is 4.92 Å². The Balaban J connectivity index is 2.43. The summed E-state index contributed by atoms with van der Waals surface area (Å²) in [6.45, 7) is 0. The van der Waals surface area contributed by atoms with Gasteiger partial charge in [0.25, 0.3) is 0 Å². The molecule has 0 bridgehead atoms. The number of anilines is 1. The summed E-state index contributed by atoms with van der Waals surface area (Å²) in [5.74, 6) is -1.08. The molecule has 20 heavy (non-hydrogen) atoms. The Morgan fingerprint density at radius 1 is 1.30 bits per heavy atom. The highest BCUT2D eigenvalue weighted by molar-refractivity contribution is 7.99. The average Bonchev–Trinajstić information content (AvgIpc) is 2.41. The van der Waals surface area contributed by atoms with Crippen molar-refractivity contribution < 1.29 is 13.7 Å². The highest BCUT2D eigenvalue weighted by Crippen LogP contribution is 2.35. The second-order valence-electron chi connectivity index (χ2n) is 3.70. The Hall–Kier alpha value is -2.22. The molecule has 0 fully saturated rings. The van der Waals surface area contributed by atoms with Gasteiger partial charge in [-0.2, -0.15) is 0 Å². The van der Waals surface area contributed by atoms with Crippen molar-refractivity contribution in [2.24, 2.45) is 0 Å². The van der Waals surface area contributed by atoms with Crippen LogP contribution in [-0.2, 0) is 0 Å². The first-order valence-corrected chi connectivity index (χ1v) is 6.29. The molecule has 8 heteroatoms. The lowest BCUT2D eigenvalue weighted by atomic mass is 10.3. The molecule has 1 N–H and O–H groups in total. The molecule has 1 aromatic carbocycles.